The summed E-state index contributed by atoms with van der Waals surface area (Å²) in [6.45, 7) is 0.886. The van der Waals surface area contributed by atoms with E-state index < -0.39 is 24.5 Å². The molecule has 2 fully saturated rings. The van der Waals surface area contributed by atoms with Gasteiger partial charge in [0.15, 0.2) is 23.2 Å². The van der Waals surface area contributed by atoms with Crippen LogP contribution in [-0.4, -0.2) is 68.3 Å². The summed E-state index contributed by atoms with van der Waals surface area (Å²) in [7, 11) is 1.70. The average molecular weight is 392 g/mol. The van der Waals surface area contributed by atoms with E-state index in [4.69, 9.17) is 15.2 Å². The fourth-order valence-corrected chi connectivity index (χ4v) is 4.13. The van der Waals surface area contributed by atoms with E-state index in [1.165, 1.54) is 38.4 Å². The first-order valence-corrected chi connectivity index (χ1v) is 9.85. The summed E-state index contributed by atoms with van der Waals surface area (Å²) in [5.41, 5.74) is 6.73. The van der Waals surface area contributed by atoms with E-state index in [-0.39, 0.29) is 12.4 Å². The second-order valence-corrected chi connectivity index (χ2v) is 7.57. The van der Waals surface area contributed by atoms with Gasteiger partial charge in [0.25, 0.3) is 0 Å². The topological polar surface area (TPSA) is 141 Å². The summed E-state index contributed by atoms with van der Waals surface area (Å²) in [6.07, 6.45) is 3.80. The molecule has 3 heterocycles. The first-order chi connectivity index (χ1) is 13.6. The van der Waals surface area contributed by atoms with Gasteiger partial charge in [-0.25, -0.2) is 15.0 Å². The van der Waals surface area contributed by atoms with E-state index in [0.717, 1.165) is 0 Å². The molecule has 0 radical (unpaired) electrons. The molecule has 0 aromatic carbocycles. The van der Waals surface area contributed by atoms with Gasteiger partial charge >= 0.3 is 0 Å². The summed E-state index contributed by atoms with van der Waals surface area (Å²) in [5.74, 6) is 1.23. The van der Waals surface area contributed by atoms with Crippen molar-refractivity contribution in [2.24, 2.45) is 5.92 Å². The number of ether oxygens (including phenoxy) is 2. The number of imidazole rings is 1. The van der Waals surface area contributed by atoms with Crippen LogP contribution in [-0.2, 0) is 9.47 Å². The summed E-state index contributed by atoms with van der Waals surface area (Å²) in [4.78, 5) is 12.6. The predicted octanol–water partition coefficient (Wildman–Crippen LogP) is 0.666. The molecule has 2 aliphatic rings. The Bertz CT molecular complexity index is 809. The fraction of sp³-hybridized carbons (Fsp3) is 0.722. The van der Waals surface area contributed by atoms with Crippen LogP contribution >= 0.6 is 0 Å². The molecule has 1 saturated heterocycles. The van der Waals surface area contributed by atoms with Crippen LogP contribution in [0.3, 0.4) is 0 Å². The molecule has 4 rings (SSSR count). The number of nitrogens with two attached hydrogens (primary N) is 1. The number of anilines is 2. The zero-order valence-corrected chi connectivity index (χ0v) is 16.0. The number of fused-ring (bicyclic) bond motifs is 1. The molecule has 10 heteroatoms. The highest BCUT2D eigenvalue weighted by molar-refractivity contribution is 5.84. The second kappa shape index (κ2) is 8.16. The first-order valence-electron chi connectivity index (χ1n) is 9.85. The van der Waals surface area contributed by atoms with Crippen LogP contribution in [0.25, 0.3) is 11.2 Å². The van der Waals surface area contributed by atoms with E-state index >= 15 is 0 Å². The minimum atomic E-state index is -1.15. The number of nitrogens with one attached hydrogen (secondary N) is 1. The van der Waals surface area contributed by atoms with Crippen LogP contribution in [0, 0.1) is 5.92 Å². The van der Waals surface area contributed by atoms with Crippen molar-refractivity contribution in [3.8, 4) is 0 Å². The molecule has 1 aliphatic heterocycles. The van der Waals surface area contributed by atoms with E-state index in [2.05, 4.69) is 20.3 Å². The lowest BCUT2D eigenvalue weighted by Gasteiger charge is -2.22. The largest absolute Gasteiger partial charge is 0.387 e. The summed E-state index contributed by atoms with van der Waals surface area (Å²) < 4.78 is 13.4. The quantitative estimate of drug-likeness (QED) is 0.558. The highest BCUT2D eigenvalue weighted by Crippen LogP contribution is 2.35. The third kappa shape index (κ3) is 3.52. The molecule has 10 nitrogen and oxygen atoms in total. The van der Waals surface area contributed by atoms with E-state index in [1.54, 1.807) is 11.6 Å². The van der Waals surface area contributed by atoms with Gasteiger partial charge in [0.05, 0.1) is 6.61 Å². The lowest BCUT2D eigenvalue weighted by molar-refractivity contribution is -0.0699. The van der Waals surface area contributed by atoms with Gasteiger partial charge in [0.1, 0.15) is 24.6 Å². The Kier molecular flexibility index (Phi) is 5.63. The molecular weight excluding hydrogens is 364 g/mol. The number of hydrogen-bond acceptors (Lipinski definition) is 9. The second-order valence-electron chi connectivity index (χ2n) is 7.57. The maximum Gasteiger partial charge on any atom is 0.207 e. The molecule has 1 saturated carbocycles. The van der Waals surface area contributed by atoms with Gasteiger partial charge in [-0.1, -0.05) is 19.3 Å². The Hall–Kier alpha value is -2.01. The number of aliphatic hydroxyl groups is 2. The van der Waals surface area contributed by atoms with Crippen LogP contribution in [0.1, 0.15) is 38.3 Å². The van der Waals surface area contributed by atoms with Crippen molar-refractivity contribution < 1.29 is 19.7 Å². The smallest absolute Gasteiger partial charge is 0.207 e. The predicted molar refractivity (Wildman–Crippen MR) is 103 cm³/mol. The van der Waals surface area contributed by atoms with Crippen molar-refractivity contribution in [3.05, 3.63) is 6.33 Å². The average Bonchev–Trinajstić information content (AvgIpc) is 3.22. The molecule has 2 aromatic heterocycles. The van der Waals surface area contributed by atoms with Crippen molar-refractivity contribution in [2.45, 2.75) is 56.6 Å². The highest BCUT2D eigenvalue weighted by atomic mass is 16.6. The summed E-state index contributed by atoms with van der Waals surface area (Å²) in [5, 5.41) is 24.1. The number of nitrogen functional groups attached to an aromatic ring is 1. The van der Waals surface area contributed by atoms with E-state index in [1.807, 2.05) is 0 Å². The zero-order valence-electron chi connectivity index (χ0n) is 16.0. The number of aromatic nitrogens is 4. The number of nitrogens with zero attached hydrogens (tertiary/aromatic N) is 4. The Morgan fingerprint density at radius 1 is 1.21 bits per heavy atom. The molecule has 1 aliphatic carbocycles. The monoisotopic (exact) mass is 392 g/mol. The standard InChI is InChI=1S/C18H28N6O4/c1-20-18-23-12-15(19)21-9-22-16(12)24(18)17-14(26)13(25)11(28-17)8-27-7-10-5-3-2-4-6-10/h9-11,13-14,17,25-26H,2-8H2,1H3,(H,20,23)(H2,19,21,22)/t11-,13-,14-,17-/m1/s1. The molecule has 154 valence electrons. The normalized spacial score (nSPS) is 28.8. The Morgan fingerprint density at radius 2 is 2.00 bits per heavy atom. The van der Waals surface area contributed by atoms with Gasteiger partial charge in [-0.15, -0.1) is 0 Å². The van der Waals surface area contributed by atoms with Crippen LogP contribution in [0.5, 0.6) is 0 Å². The molecule has 5 N–H and O–H groups in total. The molecule has 0 amide bonds. The van der Waals surface area contributed by atoms with Gasteiger partial charge in [0, 0.05) is 13.7 Å². The molecule has 2 aromatic rings. The number of aliphatic hydroxyl groups excluding tert-OH is 2. The Morgan fingerprint density at radius 3 is 2.75 bits per heavy atom. The maximum atomic E-state index is 10.6. The molecule has 0 unspecified atom stereocenters. The van der Waals surface area contributed by atoms with Gasteiger partial charge in [-0.3, -0.25) is 4.57 Å². The molecule has 28 heavy (non-hydrogen) atoms. The molecule has 0 bridgehead atoms. The van der Waals surface area contributed by atoms with Crippen LogP contribution in [0.4, 0.5) is 11.8 Å². The van der Waals surface area contributed by atoms with Crippen molar-refractivity contribution in [1.29, 1.82) is 0 Å². The SMILES string of the molecule is CNc1nc2c(N)ncnc2n1[C@@H]1O[C@H](COCC2CCCCC2)[C@@H](O)[C@H]1O. The van der Waals surface area contributed by atoms with Crippen molar-refractivity contribution >= 4 is 22.9 Å². The third-order valence-corrected chi connectivity index (χ3v) is 5.68. The number of hydrogen-bond donors (Lipinski definition) is 4. The lowest BCUT2D eigenvalue weighted by Crippen LogP contribution is -2.34. The van der Waals surface area contributed by atoms with Gasteiger partial charge < -0.3 is 30.7 Å². The van der Waals surface area contributed by atoms with Crippen molar-refractivity contribution in [3.63, 3.8) is 0 Å². The van der Waals surface area contributed by atoms with Crippen LogP contribution in [0.2, 0.25) is 0 Å². The minimum absolute atomic E-state index is 0.226. The lowest BCUT2D eigenvalue weighted by atomic mass is 9.90. The highest BCUT2D eigenvalue weighted by Gasteiger charge is 2.45. The van der Waals surface area contributed by atoms with E-state index in [9.17, 15) is 10.2 Å². The Balaban J connectivity index is 1.48. The first kappa shape index (κ1) is 19.3. The Labute approximate surface area is 163 Å². The van der Waals surface area contributed by atoms with Crippen LogP contribution in [0.15, 0.2) is 6.33 Å². The zero-order chi connectivity index (χ0) is 19.7. The molecule has 4 atom stereocenters. The maximum absolute atomic E-state index is 10.6. The van der Waals surface area contributed by atoms with Crippen LogP contribution < -0.4 is 11.1 Å². The minimum Gasteiger partial charge on any atom is -0.387 e. The fourth-order valence-electron chi connectivity index (χ4n) is 4.13. The molecule has 0 spiro atoms. The van der Waals surface area contributed by atoms with Gasteiger partial charge in [-0.2, -0.15) is 0 Å². The number of rotatable bonds is 6. The van der Waals surface area contributed by atoms with Crippen molar-refractivity contribution in [1.82, 2.24) is 19.5 Å². The summed E-state index contributed by atoms with van der Waals surface area (Å²) >= 11 is 0. The summed E-state index contributed by atoms with van der Waals surface area (Å²) in [6, 6.07) is 0. The molecular formula is C18H28N6O4. The van der Waals surface area contributed by atoms with Gasteiger partial charge in [-0.05, 0) is 18.8 Å². The van der Waals surface area contributed by atoms with E-state index in [0.29, 0.717) is 29.6 Å². The third-order valence-electron chi connectivity index (χ3n) is 5.68. The van der Waals surface area contributed by atoms with Gasteiger partial charge in [0.2, 0.25) is 5.95 Å². The van der Waals surface area contributed by atoms with Crippen molar-refractivity contribution in [2.75, 3.05) is 31.3 Å².